The van der Waals surface area contributed by atoms with Crippen LogP contribution in [0.5, 0.6) is 0 Å². The highest BCUT2D eigenvalue weighted by molar-refractivity contribution is 7.92. The first kappa shape index (κ1) is 17.3. The van der Waals surface area contributed by atoms with E-state index in [0.29, 0.717) is 16.3 Å². The molecule has 122 valence electrons. The van der Waals surface area contributed by atoms with Crippen molar-refractivity contribution in [3.8, 4) is 0 Å². The number of carbonyl (C=O) groups is 1. The van der Waals surface area contributed by atoms with Crippen molar-refractivity contribution in [1.82, 2.24) is 0 Å². The highest BCUT2D eigenvalue weighted by Crippen LogP contribution is 2.26. The largest absolute Gasteiger partial charge is 0.454 e. The smallest absolute Gasteiger partial charge is 0.338 e. The Morgan fingerprint density at radius 2 is 1.87 bits per heavy atom. The van der Waals surface area contributed by atoms with Crippen LogP contribution in [0.25, 0.3) is 0 Å². The van der Waals surface area contributed by atoms with Crippen molar-refractivity contribution in [1.29, 1.82) is 0 Å². The monoisotopic (exact) mass is 353 g/mol. The molecule has 0 aliphatic rings. The van der Waals surface area contributed by atoms with Gasteiger partial charge in [-0.3, -0.25) is 4.72 Å². The molecule has 0 aromatic heterocycles. The SMILES string of the molecule is CC(OC(=O)c1cccc(NS(C)(=O)=O)c1)c1ccccc1Cl. The molecule has 0 aliphatic carbocycles. The molecule has 1 unspecified atom stereocenters. The predicted molar refractivity (Wildman–Crippen MR) is 90.2 cm³/mol. The molecule has 0 radical (unpaired) electrons. The number of esters is 1. The zero-order valence-corrected chi connectivity index (χ0v) is 14.2. The standard InChI is InChI=1S/C16H16ClNO4S/c1-11(14-8-3-4-9-15(14)17)22-16(19)12-6-5-7-13(10-12)18-23(2,20)21/h3-11,18H,1-2H3. The molecule has 7 heteroatoms. The van der Waals surface area contributed by atoms with Gasteiger partial charge in [-0.25, -0.2) is 13.2 Å². The van der Waals surface area contributed by atoms with Gasteiger partial charge in [0.1, 0.15) is 6.10 Å². The molecule has 0 spiro atoms. The van der Waals surface area contributed by atoms with E-state index in [0.717, 1.165) is 6.26 Å². The lowest BCUT2D eigenvalue weighted by Crippen LogP contribution is -2.12. The van der Waals surface area contributed by atoms with Crippen molar-refractivity contribution >= 4 is 33.3 Å². The summed E-state index contributed by atoms with van der Waals surface area (Å²) in [6.45, 7) is 1.72. The third kappa shape index (κ3) is 4.97. The van der Waals surface area contributed by atoms with Gasteiger partial charge in [0.2, 0.25) is 10.0 Å². The van der Waals surface area contributed by atoms with Crippen molar-refractivity contribution in [2.45, 2.75) is 13.0 Å². The molecular weight excluding hydrogens is 338 g/mol. The molecule has 2 aromatic rings. The molecule has 5 nitrogen and oxygen atoms in total. The van der Waals surface area contributed by atoms with E-state index in [2.05, 4.69) is 4.72 Å². The molecular formula is C16H16ClNO4S. The van der Waals surface area contributed by atoms with Gasteiger partial charge in [0.15, 0.2) is 0 Å². The molecule has 0 amide bonds. The molecule has 0 bridgehead atoms. The maximum absolute atomic E-state index is 12.2. The summed E-state index contributed by atoms with van der Waals surface area (Å²) >= 11 is 6.08. The van der Waals surface area contributed by atoms with Crippen LogP contribution in [-0.4, -0.2) is 20.6 Å². The van der Waals surface area contributed by atoms with Crippen molar-refractivity contribution in [3.63, 3.8) is 0 Å². The zero-order valence-electron chi connectivity index (χ0n) is 12.6. The van der Waals surface area contributed by atoms with Crippen LogP contribution in [0, 0.1) is 0 Å². The summed E-state index contributed by atoms with van der Waals surface area (Å²) in [6.07, 6.45) is 0.514. The van der Waals surface area contributed by atoms with Gasteiger partial charge in [0.25, 0.3) is 0 Å². The van der Waals surface area contributed by atoms with Crippen LogP contribution in [0.2, 0.25) is 5.02 Å². The van der Waals surface area contributed by atoms with Crippen molar-refractivity contribution in [3.05, 3.63) is 64.7 Å². The third-order valence-corrected chi connectivity index (χ3v) is 3.98. The van der Waals surface area contributed by atoms with E-state index in [1.807, 2.05) is 6.07 Å². The fourth-order valence-electron chi connectivity index (χ4n) is 2.02. The first-order valence-electron chi connectivity index (χ1n) is 6.79. The molecule has 1 atom stereocenters. The van der Waals surface area contributed by atoms with Crippen molar-refractivity contribution in [2.24, 2.45) is 0 Å². The molecule has 0 heterocycles. The molecule has 0 saturated heterocycles. The van der Waals surface area contributed by atoms with Gasteiger partial charge >= 0.3 is 5.97 Å². The number of hydrogen-bond donors (Lipinski definition) is 1. The summed E-state index contributed by atoms with van der Waals surface area (Å²) in [4.78, 5) is 12.2. The minimum absolute atomic E-state index is 0.248. The maximum Gasteiger partial charge on any atom is 0.338 e. The molecule has 0 aliphatic heterocycles. The Labute approximate surface area is 140 Å². The van der Waals surface area contributed by atoms with Crippen LogP contribution in [0.1, 0.15) is 28.9 Å². The van der Waals surface area contributed by atoms with Gasteiger partial charge in [0.05, 0.1) is 11.8 Å². The Morgan fingerprint density at radius 3 is 2.52 bits per heavy atom. The molecule has 0 saturated carbocycles. The first-order valence-corrected chi connectivity index (χ1v) is 9.06. The number of rotatable bonds is 5. The summed E-state index contributed by atoms with van der Waals surface area (Å²) in [7, 11) is -3.41. The minimum atomic E-state index is -3.41. The highest BCUT2D eigenvalue weighted by Gasteiger charge is 2.16. The second-order valence-corrected chi connectivity index (χ2v) is 7.18. The quantitative estimate of drug-likeness (QED) is 0.833. The highest BCUT2D eigenvalue weighted by atomic mass is 35.5. The zero-order chi connectivity index (χ0) is 17.0. The van der Waals surface area contributed by atoms with Crippen LogP contribution < -0.4 is 4.72 Å². The average Bonchev–Trinajstić information content (AvgIpc) is 2.46. The molecule has 1 N–H and O–H groups in total. The van der Waals surface area contributed by atoms with Crippen LogP contribution >= 0.6 is 11.6 Å². The van der Waals surface area contributed by atoms with E-state index in [1.165, 1.54) is 6.07 Å². The van der Waals surface area contributed by atoms with Crippen molar-refractivity contribution < 1.29 is 17.9 Å². The summed E-state index contributed by atoms with van der Waals surface area (Å²) in [5, 5.41) is 0.514. The third-order valence-electron chi connectivity index (χ3n) is 3.03. The average molecular weight is 354 g/mol. The minimum Gasteiger partial charge on any atom is -0.454 e. The van der Waals surface area contributed by atoms with Crippen LogP contribution in [-0.2, 0) is 14.8 Å². The number of anilines is 1. The number of halogens is 1. The van der Waals surface area contributed by atoms with E-state index < -0.39 is 22.1 Å². The van der Waals surface area contributed by atoms with Gasteiger partial charge in [0, 0.05) is 16.3 Å². The Hall–Kier alpha value is -2.05. The number of carbonyl (C=O) groups excluding carboxylic acids is 1. The summed E-state index contributed by atoms with van der Waals surface area (Å²) in [5.74, 6) is -0.561. The first-order chi connectivity index (χ1) is 10.8. The normalized spacial score (nSPS) is 12.5. The van der Waals surface area contributed by atoms with Gasteiger partial charge in [-0.1, -0.05) is 35.9 Å². The predicted octanol–water partition coefficient (Wildman–Crippen LogP) is 3.63. The van der Waals surface area contributed by atoms with Gasteiger partial charge in [-0.2, -0.15) is 0 Å². The molecule has 0 fully saturated rings. The maximum atomic E-state index is 12.2. The lowest BCUT2D eigenvalue weighted by atomic mass is 10.1. The van der Waals surface area contributed by atoms with Crippen LogP contribution in [0.3, 0.4) is 0 Å². The second kappa shape index (κ2) is 7.02. The Balaban J connectivity index is 2.15. The van der Waals surface area contributed by atoms with E-state index in [-0.39, 0.29) is 5.56 Å². The fourth-order valence-corrected chi connectivity index (χ4v) is 2.87. The van der Waals surface area contributed by atoms with Crippen LogP contribution in [0.4, 0.5) is 5.69 Å². The molecule has 2 aromatic carbocycles. The Kier molecular flexibility index (Phi) is 5.28. The number of benzene rings is 2. The topological polar surface area (TPSA) is 72.5 Å². The number of nitrogens with one attached hydrogen (secondary N) is 1. The van der Waals surface area contributed by atoms with Gasteiger partial charge in [-0.05, 0) is 31.2 Å². The summed E-state index contributed by atoms with van der Waals surface area (Å²) in [5.41, 5.74) is 1.25. The molecule has 2 rings (SSSR count). The summed E-state index contributed by atoms with van der Waals surface area (Å²) in [6, 6.07) is 13.2. The lowest BCUT2D eigenvalue weighted by Gasteiger charge is -2.15. The number of hydrogen-bond acceptors (Lipinski definition) is 4. The second-order valence-electron chi connectivity index (χ2n) is 5.02. The Morgan fingerprint density at radius 1 is 1.17 bits per heavy atom. The Bertz CT molecular complexity index is 820. The fraction of sp³-hybridized carbons (Fsp3) is 0.188. The molecule has 23 heavy (non-hydrogen) atoms. The lowest BCUT2D eigenvalue weighted by molar-refractivity contribution is 0.0338. The van der Waals surface area contributed by atoms with Crippen molar-refractivity contribution in [2.75, 3.05) is 11.0 Å². The van der Waals surface area contributed by atoms with Crippen LogP contribution in [0.15, 0.2) is 48.5 Å². The van der Waals surface area contributed by atoms with E-state index >= 15 is 0 Å². The number of ether oxygens (including phenoxy) is 1. The van der Waals surface area contributed by atoms with Gasteiger partial charge in [-0.15, -0.1) is 0 Å². The van der Waals surface area contributed by atoms with E-state index in [4.69, 9.17) is 16.3 Å². The van der Waals surface area contributed by atoms with Gasteiger partial charge < -0.3 is 4.74 Å². The summed E-state index contributed by atoms with van der Waals surface area (Å²) < 4.78 is 30.2. The van der Waals surface area contributed by atoms with E-state index in [1.54, 1.807) is 43.3 Å². The van der Waals surface area contributed by atoms with E-state index in [9.17, 15) is 13.2 Å². The number of sulfonamides is 1.